The molecule has 1 heterocycles. The Morgan fingerprint density at radius 3 is 2.79 bits per heavy atom. The molecule has 75 valence electrons. The fourth-order valence-electron chi connectivity index (χ4n) is 1.22. The van der Waals surface area contributed by atoms with Crippen molar-refractivity contribution in [2.75, 3.05) is 6.54 Å². The summed E-state index contributed by atoms with van der Waals surface area (Å²) in [4.78, 5) is 2.00. The van der Waals surface area contributed by atoms with Gasteiger partial charge in [-0.2, -0.15) is 0 Å². The van der Waals surface area contributed by atoms with Gasteiger partial charge in [0.2, 0.25) is 0 Å². The van der Waals surface area contributed by atoms with Gasteiger partial charge in [0.1, 0.15) is 0 Å². The summed E-state index contributed by atoms with van der Waals surface area (Å²) in [6, 6.07) is 0. The number of unbranched alkanes of at least 4 members (excludes halogenated alkanes) is 1. The molecule has 0 aromatic carbocycles. The summed E-state index contributed by atoms with van der Waals surface area (Å²) >= 11 is 5.99. The van der Waals surface area contributed by atoms with Crippen molar-refractivity contribution in [3.63, 3.8) is 0 Å². The van der Waals surface area contributed by atoms with Crippen molar-refractivity contribution in [1.29, 1.82) is 0 Å². The summed E-state index contributed by atoms with van der Waals surface area (Å²) in [5.41, 5.74) is 1.93. The largest absolute Gasteiger partial charge is 0.454 e. The molecule has 0 unspecified atom stereocenters. The van der Waals surface area contributed by atoms with Crippen LogP contribution in [0.3, 0.4) is 0 Å². The first-order valence-electron chi connectivity index (χ1n) is 4.59. The van der Waals surface area contributed by atoms with Crippen LogP contribution in [0, 0.1) is 6.20 Å². The van der Waals surface area contributed by atoms with E-state index >= 15 is 0 Å². The molecule has 1 aliphatic heterocycles. The average molecular weight is 286 g/mol. The van der Waals surface area contributed by atoms with Crippen LogP contribution >= 0.6 is 11.6 Å². The second kappa shape index (κ2) is 6.82. The van der Waals surface area contributed by atoms with Gasteiger partial charge in [-0.25, -0.2) is 0 Å². The van der Waals surface area contributed by atoms with Crippen LogP contribution in [0.25, 0.3) is 0 Å². The van der Waals surface area contributed by atoms with E-state index < -0.39 is 0 Å². The Morgan fingerprint density at radius 2 is 2.21 bits per heavy atom. The zero-order chi connectivity index (χ0) is 9.84. The van der Waals surface area contributed by atoms with Crippen LogP contribution in [-0.2, 0) is 32.7 Å². The van der Waals surface area contributed by atoms with Gasteiger partial charge in [0.15, 0.2) is 0 Å². The van der Waals surface area contributed by atoms with E-state index in [-0.39, 0.29) is 32.7 Å². The molecule has 0 amide bonds. The van der Waals surface area contributed by atoms with Crippen LogP contribution in [0.5, 0.6) is 0 Å². The molecule has 0 fully saturated rings. The molecule has 0 aromatic rings. The van der Waals surface area contributed by atoms with Crippen molar-refractivity contribution in [2.24, 2.45) is 0 Å². The van der Waals surface area contributed by atoms with Crippen molar-refractivity contribution in [3.8, 4) is 0 Å². The van der Waals surface area contributed by atoms with Crippen LogP contribution < -0.4 is 0 Å². The van der Waals surface area contributed by atoms with E-state index in [0.29, 0.717) is 0 Å². The third kappa shape index (κ3) is 3.88. The predicted molar refractivity (Wildman–Crippen MR) is 57.1 cm³/mol. The molecule has 1 aliphatic rings. The van der Waals surface area contributed by atoms with Crippen molar-refractivity contribution in [1.82, 2.24) is 4.90 Å². The maximum Gasteiger partial charge on any atom is 0 e. The van der Waals surface area contributed by atoms with Crippen LogP contribution in [0.15, 0.2) is 29.0 Å². The fraction of sp³-hybridized carbons (Fsp3) is 0.455. The predicted octanol–water partition coefficient (Wildman–Crippen LogP) is 3.44. The van der Waals surface area contributed by atoms with Crippen LogP contribution in [0.4, 0.5) is 0 Å². The summed E-state index contributed by atoms with van der Waals surface area (Å²) in [6.45, 7) is 9.03. The Bertz CT molecular complexity index is 268. The first-order chi connectivity index (χ1) is 6.15. The number of nitrogens with zero attached hydrogens (tertiary/aromatic N) is 1. The molecule has 0 aliphatic carbocycles. The van der Waals surface area contributed by atoms with Gasteiger partial charge < -0.3 is 4.90 Å². The molecule has 3 heteroatoms. The Hall–Kier alpha value is 0.414. The molecule has 1 nitrogen and oxygen atoms in total. The topological polar surface area (TPSA) is 3.24 Å². The van der Waals surface area contributed by atoms with Crippen LogP contribution in [-0.4, -0.2) is 11.4 Å². The first kappa shape index (κ1) is 14.4. The summed E-state index contributed by atoms with van der Waals surface area (Å²) in [7, 11) is 0. The molecule has 0 bridgehead atoms. The van der Waals surface area contributed by atoms with Crippen molar-refractivity contribution in [3.05, 3.63) is 35.2 Å². The molecule has 14 heavy (non-hydrogen) atoms. The molecular formula is C11H15ClNY-. The van der Waals surface area contributed by atoms with Crippen molar-refractivity contribution < 1.29 is 32.7 Å². The number of hydrogen-bond acceptors (Lipinski definition) is 1. The molecular weight excluding hydrogens is 270 g/mol. The molecule has 0 saturated carbocycles. The Morgan fingerprint density at radius 1 is 1.57 bits per heavy atom. The van der Waals surface area contributed by atoms with E-state index in [2.05, 4.69) is 19.7 Å². The Labute approximate surface area is 117 Å². The van der Waals surface area contributed by atoms with Crippen LogP contribution in [0.2, 0.25) is 0 Å². The fourth-order valence-corrected chi connectivity index (χ4v) is 1.49. The summed E-state index contributed by atoms with van der Waals surface area (Å²) in [6.07, 6.45) is 7.43. The maximum atomic E-state index is 5.99. The zero-order valence-corrected chi connectivity index (χ0v) is 12.4. The Kier molecular flexibility index (Phi) is 7.02. The van der Waals surface area contributed by atoms with E-state index in [9.17, 15) is 0 Å². The van der Waals surface area contributed by atoms with Gasteiger partial charge in [-0.1, -0.05) is 32.2 Å². The van der Waals surface area contributed by atoms with Gasteiger partial charge in [0.05, 0.1) is 0 Å². The van der Waals surface area contributed by atoms with E-state index in [1.54, 1.807) is 0 Å². The summed E-state index contributed by atoms with van der Waals surface area (Å²) in [5.74, 6) is 0. The standard InChI is InChI=1S/C11H15ClN.Y/c1-4-5-6-13-8-9(2)7-11(12)10(13)3;/h7H,3-6H2,1-2H3;/q-1;. The monoisotopic (exact) mass is 285 g/mol. The number of halogens is 1. The molecule has 1 rings (SSSR count). The van der Waals surface area contributed by atoms with Gasteiger partial charge in [-0.3, -0.25) is 0 Å². The molecule has 0 atom stereocenters. The number of allylic oxidation sites excluding steroid dienone is 3. The normalized spacial score (nSPS) is 15.9. The first-order valence-corrected chi connectivity index (χ1v) is 4.97. The SMILES string of the molecule is C=C1C(Cl)=CC(C)=[C-]N1CCCC.[Y]. The van der Waals surface area contributed by atoms with Crippen LogP contribution in [0.1, 0.15) is 26.7 Å². The third-order valence-electron chi connectivity index (χ3n) is 1.99. The van der Waals surface area contributed by atoms with Gasteiger partial charge in [-0.05, 0) is 18.0 Å². The minimum Gasteiger partial charge on any atom is -0.454 e. The van der Waals surface area contributed by atoms with E-state index in [1.807, 2.05) is 17.9 Å². The van der Waals surface area contributed by atoms with Gasteiger partial charge in [0, 0.05) is 32.7 Å². The van der Waals surface area contributed by atoms with Gasteiger partial charge in [-0.15, -0.1) is 29.8 Å². The van der Waals surface area contributed by atoms with Gasteiger partial charge >= 0.3 is 0 Å². The number of rotatable bonds is 3. The quantitative estimate of drug-likeness (QED) is 0.718. The van der Waals surface area contributed by atoms with Crippen molar-refractivity contribution in [2.45, 2.75) is 26.7 Å². The van der Waals surface area contributed by atoms with Gasteiger partial charge in [0.25, 0.3) is 0 Å². The smallest absolute Gasteiger partial charge is 0 e. The molecule has 1 radical (unpaired) electrons. The number of hydrogen-bond donors (Lipinski definition) is 0. The second-order valence-corrected chi connectivity index (χ2v) is 3.65. The minimum atomic E-state index is 0. The molecule has 0 N–H and O–H groups in total. The molecule has 0 spiro atoms. The maximum absolute atomic E-state index is 5.99. The van der Waals surface area contributed by atoms with E-state index in [0.717, 1.165) is 29.3 Å². The average Bonchev–Trinajstić information content (AvgIpc) is 2.09. The molecule has 0 saturated heterocycles. The second-order valence-electron chi connectivity index (χ2n) is 3.24. The van der Waals surface area contributed by atoms with E-state index in [4.69, 9.17) is 11.6 Å². The Balaban J connectivity index is 0.00000169. The zero-order valence-electron chi connectivity index (χ0n) is 8.81. The van der Waals surface area contributed by atoms with Crippen molar-refractivity contribution >= 4 is 11.6 Å². The van der Waals surface area contributed by atoms with E-state index in [1.165, 1.54) is 6.42 Å². The minimum absolute atomic E-state index is 0. The summed E-state index contributed by atoms with van der Waals surface area (Å²) in [5, 5.41) is 0.729. The molecule has 0 aromatic heterocycles. The summed E-state index contributed by atoms with van der Waals surface area (Å²) < 4.78 is 0. The third-order valence-corrected chi connectivity index (χ3v) is 2.32.